The fourth-order valence-corrected chi connectivity index (χ4v) is 13.8. The van der Waals surface area contributed by atoms with Crippen molar-refractivity contribution in [1.82, 2.24) is 0 Å². The quantitative estimate of drug-likeness (QED) is 0.0222. The Bertz CT molecular complexity index is 1870. The van der Waals surface area contributed by atoms with E-state index in [0.29, 0.717) is 25.7 Å². The van der Waals surface area contributed by atoms with Gasteiger partial charge in [0.05, 0.1) is 26.4 Å². The van der Waals surface area contributed by atoms with Gasteiger partial charge in [-0.25, -0.2) is 9.13 Å². The Morgan fingerprint density at radius 1 is 0.276 bits per heavy atom. The summed E-state index contributed by atoms with van der Waals surface area (Å²) in [5.74, 6) is -1.34. The lowest BCUT2D eigenvalue weighted by atomic mass is 10.0. The van der Waals surface area contributed by atoms with Crippen molar-refractivity contribution in [2.45, 2.75) is 438 Å². The van der Waals surface area contributed by atoms with Crippen LogP contribution in [0.25, 0.3) is 0 Å². The summed E-state index contributed by atoms with van der Waals surface area (Å²) in [6.45, 7) is 7.29. The molecule has 0 radical (unpaired) electrons. The molecule has 0 fully saturated rings. The van der Waals surface area contributed by atoms with Gasteiger partial charge < -0.3 is 33.8 Å². The number of esters is 4. The number of ether oxygens (including phenoxy) is 4. The summed E-state index contributed by atoms with van der Waals surface area (Å²) in [7, 11) is -9.91. The van der Waals surface area contributed by atoms with E-state index in [4.69, 9.17) is 37.0 Å². The van der Waals surface area contributed by atoms with Gasteiger partial charge in [0.25, 0.3) is 0 Å². The topological polar surface area (TPSA) is 237 Å². The van der Waals surface area contributed by atoms with Crippen LogP contribution in [0, 0.1) is 5.92 Å². The van der Waals surface area contributed by atoms with Gasteiger partial charge in [-0.3, -0.25) is 37.3 Å². The Balaban J connectivity index is 5.18. The second kappa shape index (κ2) is 72.0. The molecule has 0 amide bonds. The zero-order valence-electron chi connectivity index (χ0n) is 63.9. The van der Waals surface area contributed by atoms with Crippen LogP contribution < -0.4 is 0 Å². The number of aliphatic hydroxyl groups is 1. The number of aliphatic hydroxyl groups excluding tert-OH is 1. The summed E-state index contributed by atoms with van der Waals surface area (Å²) in [5.41, 5.74) is 0. The van der Waals surface area contributed by atoms with Crippen LogP contribution in [0.15, 0.2) is 0 Å². The van der Waals surface area contributed by atoms with E-state index in [1.54, 1.807) is 0 Å². The molecule has 0 aliphatic rings. The number of carbonyl (C=O) groups is 4. The molecule has 17 nitrogen and oxygen atoms in total. The third kappa shape index (κ3) is 72.4. The van der Waals surface area contributed by atoms with Crippen molar-refractivity contribution in [2.24, 2.45) is 5.92 Å². The zero-order chi connectivity index (χ0) is 71.9. The maximum atomic E-state index is 13.1. The van der Waals surface area contributed by atoms with Crippen LogP contribution in [-0.2, 0) is 65.4 Å². The van der Waals surface area contributed by atoms with Gasteiger partial charge in [0.15, 0.2) is 12.2 Å². The average Bonchev–Trinajstić information content (AvgIpc) is 0.982. The van der Waals surface area contributed by atoms with Gasteiger partial charge in [0.1, 0.15) is 19.3 Å². The van der Waals surface area contributed by atoms with Crippen molar-refractivity contribution in [1.29, 1.82) is 0 Å². The zero-order valence-corrected chi connectivity index (χ0v) is 65.7. The van der Waals surface area contributed by atoms with E-state index in [1.807, 2.05) is 0 Å². The first kappa shape index (κ1) is 96.1. The largest absolute Gasteiger partial charge is 0.472 e. The smallest absolute Gasteiger partial charge is 0.462 e. The first-order valence-corrected chi connectivity index (χ1v) is 44.1. The first-order chi connectivity index (χ1) is 47.5. The molecule has 2 unspecified atom stereocenters. The van der Waals surface area contributed by atoms with E-state index in [-0.39, 0.29) is 25.7 Å². The average molecular weight is 1440 g/mol. The lowest BCUT2D eigenvalue weighted by Crippen LogP contribution is -2.30. The summed E-state index contributed by atoms with van der Waals surface area (Å²) in [6.07, 6.45) is 62.6. The molecule has 3 N–H and O–H groups in total. The Morgan fingerprint density at radius 2 is 0.469 bits per heavy atom. The molecule has 0 rings (SSSR count). The van der Waals surface area contributed by atoms with Gasteiger partial charge in [0.2, 0.25) is 0 Å². The maximum absolute atomic E-state index is 13.1. The lowest BCUT2D eigenvalue weighted by molar-refractivity contribution is -0.161. The van der Waals surface area contributed by atoms with Crippen molar-refractivity contribution in [3.8, 4) is 0 Å². The molecular weight excluding hydrogens is 1280 g/mol. The molecule has 0 saturated heterocycles. The van der Waals surface area contributed by atoms with Crippen molar-refractivity contribution < 1.29 is 80.2 Å². The number of phosphoric acid groups is 2. The third-order valence-corrected chi connectivity index (χ3v) is 20.4. The molecule has 0 aliphatic heterocycles. The Morgan fingerprint density at radius 3 is 0.694 bits per heavy atom. The molecule has 0 bridgehead atoms. The molecule has 0 spiro atoms. The molecule has 19 heteroatoms. The third-order valence-electron chi connectivity index (χ3n) is 18.5. The normalized spacial score (nSPS) is 13.9. The molecule has 0 aliphatic carbocycles. The highest BCUT2D eigenvalue weighted by atomic mass is 31.2. The maximum Gasteiger partial charge on any atom is 0.472 e. The molecule has 0 aromatic rings. The van der Waals surface area contributed by atoms with E-state index in [1.165, 1.54) is 231 Å². The van der Waals surface area contributed by atoms with Crippen LogP contribution in [0.5, 0.6) is 0 Å². The molecular formula is C79H154O17P2. The summed E-state index contributed by atoms with van der Waals surface area (Å²) in [5, 5.41) is 10.6. The molecule has 0 aromatic carbocycles. The summed E-state index contributed by atoms with van der Waals surface area (Å²) in [6, 6.07) is 0. The Kier molecular flexibility index (Phi) is 70.6. The minimum Gasteiger partial charge on any atom is -0.462 e. The first-order valence-electron chi connectivity index (χ1n) is 41.1. The molecule has 0 saturated carbocycles. The van der Waals surface area contributed by atoms with E-state index in [9.17, 15) is 43.2 Å². The fraction of sp³-hybridized carbons (Fsp3) is 0.949. The van der Waals surface area contributed by atoms with Crippen LogP contribution in [-0.4, -0.2) is 96.7 Å². The van der Waals surface area contributed by atoms with Crippen molar-refractivity contribution in [2.75, 3.05) is 39.6 Å². The van der Waals surface area contributed by atoms with Gasteiger partial charge in [-0.15, -0.1) is 0 Å². The highest BCUT2D eigenvalue weighted by molar-refractivity contribution is 7.47. The van der Waals surface area contributed by atoms with Gasteiger partial charge in [-0.1, -0.05) is 369 Å². The molecule has 0 aromatic heterocycles. The number of hydrogen-bond donors (Lipinski definition) is 3. The van der Waals surface area contributed by atoms with Crippen molar-refractivity contribution >= 4 is 39.5 Å². The number of phosphoric ester groups is 2. The Labute approximate surface area is 600 Å². The second-order valence-electron chi connectivity index (χ2n) is 28.9. The number of rotatable bonds is 79. The SMILES string of the molecule is CCCCCCCCCCCCCCCCCCCCC(=O)OC[C@H](COP(=O)(O)OC[C@@H](O)COP(=O)(O)OC[C@@H](COC(=O)CCCCCCCCC)OC(=O)CCCCCCCCCCCCCCC(C)C)OC(=O)CCCCCCCCCCCCCCCCCCCC. The number of unbranched alkanes of at least 4 members (excludes halogenated alkanes) is 51. The van der Waals surface area contributed by atoms with Crippen LogP contribution >= 0.6 is 15.6 Å². The van der Waals surface area contributed by atoms with Crippen LogP contribution in [0.4, 0.5) is 0 Å². The number of carbonyl (C=O) groups excluding carboxylic acids is 4. The van der Waals surface area contributed by atoms with Gasteiger partial charge in [-0.05, 0) is 31.6 Å². The number of hydrogen-bond acceptors (Lipinski definition) is 15. The van der Waals surface area contributed by atoms with Crippen LogP contribution in [0.1, 0.15) is 420 Å². The van der Waals surface area contributed by atoms with Gasteiger partial charge >= 0.3 is 39.5 Å². The van der Waals surface area contributed by atoms with E-state index in [0.717, 1.165) is 109 Å². The summed E-state index contributed by atoms with van der Waals surface area (Å²) in [4.78, 5) is 72.8. The Hall–Kier alpha value is -1.94. The van der Waals surface area contributed by atoms with Crippen molar-refractivity contribution in [3.05, 3.63) is 0 Å². The van der Waals surface area contributed by atoms with E-state index >= 15 is 0 Å². The molecule has 98 heavy (non-hydrogen) atoms. The lowest BCUT2D eigenvalue weighted by Gasteiger charge is -2.21. The monoisotopic (exact) mass is 1440 g/mol. The predicted molar refractivity (Wildman–Crippen MR) is 400 cm³/mol. The minimum absolute atomic E-state index is 0.107. The van der Waals surface area contributed by atoms with E-state index in [2.05, 4.69) is 34.6 Å². The second-order valence-corrected chi connectivity index (χ2v) is 31.8. The van der Waals surface area contributed by atoms with Crippen LogP contribution in [0.2, 0.25) is 0 Å². The van der Waals surface area contributed by atoms with Gasteiger partial charge in [0, 0.05) is 25.7 Å². The molecule has 5 atom stereocenters. The predicted octanol–water partition coefficient (Wildman–Crippen LogP) is 23.6. The molecule has 0 heterocycles. The van der Waals surface area contributed by atoms with Crippen LogP contribution in [0.3, 0.4) is 0 Å². The van der Waals surface area contributed by atoms with Gasteiger partial charge in [-0.2, -0.15) is 0 Å². The fourth-order valence-electron chi connectivity index (χ4n) is 12.2. The highest BCUT2D eigenvalue weighted by Crippen LogP contribution is 2.45. The summed E-state index contributed by atoms with van der Waals surface area (Å²) >= 11 is 0. The summed E-state index contributed by atoms with van der Waals surface area (Å²) < 4.78 is 68.5. The standard InChI is InChI=1S/C79H154O17P2/c1-6-9-12-15-18-20-22-24-26-28-30-32-34-39-43-48-53-58-63-77(82)90-69-75(96-79(84)64-59-54-49-44-40-35-33-31-29-27-25-23-21-19-16-13-10-7-2)71-94-98(87,88)92-67-73(80)66-91-97(85,86)93-70-74(68-89-76(81)62-57-52-46-17-14-11-8-3)95-78(83)65-60-55-50-45-41-37-36-38-42-47-51-56-61-72(4)5/h72-75,80H,6-71H2,1-5H3,(H,85,86)(H,87,88)/t73-,74+,75+/m0/s1. The van der Waals surface area contributed by atoms with Crippen molar-refractivity contribution in [3.63, 3.8) is 0 Å². The minimum atomic E-state index is -4.96. The highest BCUT2D eigenvalue weighted by Gasteiger charge is 2.30. The molecule has 582 valence electrons. The van der Waals surface area contributed by atoms with E-state index < -0.39 is 97.5 Å².